The van der Waals surface area contributed by atoms with Gasteiger partial charge in [0.25, 0.3) is 0 Å². The van der Waals surface area contributed by atoms with Crippen LogP contribution in [0.25, 0.3) is 0 Å². The fraction of sp³-hybridized carbons (Fsp3) is 0.933. The van der Waals surface area contributed by atoms with E-state index in [0.29, 0.717) is 13.0 Å². The molecule has 1 aliphatic carbocycles. The maximum atomic E-state index is 12.2. The van der Waals surface area contributed by atoms with Crippen molar-refractivity contribution in [2.75, 3.05) is 27.4 Å². The van der Waals surface area contributed by atoms with Crippen LogP contribution in [0.3, 0.4) is 0 Å². The molecule has 6 nitrogen and oxygen atoms in total. The van der Waals surface area contributed by atoms with Gasteiger partial charge in [0.05, 0.1) is 30.3 Å². The van der Waals surface area contributed by atoms with Crippen molar-refractivity contribution in [1.82, 2.24) is 5.32 Å². The first-order valence-electron chi connectivity index (χ1n) is 7.69. The predicted octanol–water partition coefficient (Wildman–Crippen LogP) is 0.0825. The van der Waals surface area contributed by atoms with E-state index >= 15 is 0 Å². The molecule has 120 valence electrons. The van der Waals surface area contributed by atoms with Gasteiger partial charge < -0.3 is 24.6 Å². The van der Waals surface area contributed by atoms with E-state index in [4.69, 9.17) is 19.3 Å². The number of carbonyl (C=O) groups is 1. The molecule has 3 aliphatic rings. The molecule has 6 atom stereocenters. The second-order valence-electron chi connectivity index (χ2n) is 6.59. The minimum absolute atomic E-state index is 0.0188. The molecular formula is C15H25NO5. The lowest BCUT2D eigenvalue weighted by Gasteiger charge is -2.42. The molecule has 1 spiro atoms. The van der Waals surface area contributed by atoms with E-state index in [0.717, 1.165) is 12.8 Å². The lowest BCUT2D eigenvalue weighted by Crippen LogP contribution is -2.55. The topological polar surface area (TPSA) is 83.6 Å². The number of aliphatic hydroxyl groups is 1. The highest BCUT2D eigenvalue weighted by Crippen LogP contribution is 2.60. The third kappa shape index (κ3) is 2.29. The van der Waals surface area contributed by atoms with Crippen molar-refractivity contribution < 1.29 is 24.1 Å². The largest absolute Gasteiger partial charge is 0.396 e. The number of rotatable bonds is 5. The smallest absolute Gasteiger partial charge is 0.225 e. The summed E-state index contributed by atoms with van der Waals surface area (Å²) in [4.78, 5) is 12.2. The van der Waals surface area contributed by atoms with Gasteiger partial charge in [0.1, 0.15) is 5.60 Å². The Hall–Kier alpha value is -0.690. The van der Waals surface area contributed by atoms with E-state index in [1.165, 1.54) is 0 Å². The lowest BCUT2D eigenvalue weighted by atomic mass is 9.65. The summed E-state index contributed by atoms with van der Waals surface area (Å²) >= 11 is 0. The molecule has 6 unspecified atom stereocenters. The first-order valence-corrected chi connectivity index (χ1v) is 7.69. The molecule has 2 aliphatic heterocycles. The summed E-state index contributed by atoms with van der Waals surface area (Å²) in [6, 6.07) is 0. The van der Waals surface area contributed by atoms with Gasteiger partial charge in [-0.1, -0.05) is 0 Å². The summed E-state index contributed by atoms with van der Waals surface area (Å²) in [5, 5.41) is 11.9. The minimum Gasteiger partial charge on any atom is -0.396 e. The Bertz CT molecular complexity index is 424. The van der Waals surface area contributed by atoms with Crippen LogP contribution in [0.2, 0.25) is 0 Å². The summed E-state index contributed by atoms with van der Waals surface area (Å²) < 4.78 is 17.4. The molecule has 21 heavy (non-hydrogen) atoms. The number of epoxide rings is 2. The van der Waals surface area contributed by atoms with E-state index in [1.807, 2.05) is 0 Å². The third-order valence-electron chi connectivity index (χ3n) is 5.53. The molecule has 2 heterocycles. The summed E-state index contributed by atoms with van der Waals surface area (Å²) in [6.07, 6.45) is 2.06. The number of ether oxygens (including phenoxy) is 3. The van der Waals surface area contributed by atoms with Gasteiger partial charge in [-0.15, -0.1) is 0 Å². The van der Waals surface area contributed by atoms with Crippen molar-refractivity contribution in [3.63, 3.8) is 0 Å². The Kier molecular flexibility index (Phi) is 3.76. The summed E-state index contributed by atoms with van der Waals surface area (Å²) in [5.74, 6) is -0.122. The fourth-order valence-corrected chi connectivity index (χ4v) is 4.29. The first kappa shape index (κ1) is 15.2. The molecule has 1 saturated carbocycles. The number of hydrogen-bond acceptors (Lipinski definition) is 5. The van der Waals surface area contributed by atoms with Gasteiger partial charge in [-0.25, -0.2) is 0 Å². The van der Waals surface area contributed by atoms with Gasteiger partial charge in [-0.05, 0) is 26.2 Å². The number of methoxy groups -OCH3 is 1. The summed E-state index contributed by atoms with van der Waals surface area (Å²) in [5.41, 5.74) is -0.573. The Morgan fingerprint density at radius 2 is 2.24 bits per heavy atom. The van der Waals surface area contributed by atoms with Crippen LogP contribution in [0, 0.1) is 11.8 Å². The van der Waals surface area contributed by atoms with Crippen molar-refractivity contribution in [3.8, 4) is 0 Å². The number of aliphatic hydroxyl groups excluding tert-OH is 1. The van der Waals surface area contributed by atoms with E-state index in [2.05, 4.69) is 12.2 Å². The normalized spacial score (nSPS) is 48.2. The average molecular weight is 299 g/mol. The Labute approximate surface area is 125 Å². The molecule has 3 rings (SSSR count). The van der Waals surface area contributed by atoms with E-state index < -0.39 is 0 Å². The second kappa shape index (κ2) is 5.19. The van der Waals surface area contributed by atoms with Gasteiger partial charge in [-0.2, -0.15) is 0 Å². The highest BCUT2D eigenvalue weighted by molar-refractivity contribution is 5.79. The monoisotopic (exact) mass is 299 g/mol. The Balaban J connectivity index is 1.85. The number of carbonyl (C=O) groups excluding carboxylic acids is 1. The van der Waals surface area contributed by atoms with Crippen LogP contribution in [0.15, 0.2) is 0 Å². The average Bonchev–Trinajstić information content (AvgIpc) is 3.38. The standard InChI is InChI=1S/C15H25NO5/c1-14(10(21-14)5-7-17)12-11(19-3)9(13(18)16-2)4-6-15(12)8-20-15/h9-12,17H,4-8H2,1-3H3,(H,16,18). The van der Waals surface area contributed by atoms with Crippen LogP contribution in [0.4, 0.5) is 0 Å². The molecule has 2 N–H and O–H groups in total. The van der Waals surface area contributed by atoms with Gasteiger partial charge in [0.15, 0.2) is 0 Å². The van der Waals surface area contributed by atoms with Gasteiger partial charge in [0.2, 0.25) is 5.91 Å². The van der Waals surface area contributed by atoms with E-state index in [9.17, 15) is 4.79 Å². The lowest BCUT2D eigenvalue weighted by molar-refractivity contribution is -0.139. The van der Waals surface area contributed by atoms with Crippen LogP contribution in [0.1, 0.15) is 26.2 Å². The zero-order valence-corrected chi connectivity index (χ0v) is 12.9. The number of amides is 1. The zero-order chi connectivity index (χ0) is 15.3. The molecule has 0 aromatic heterocycles. The second-order valence-corrected chi connectivity index (χ2v) is 6.59. The van der Waals surface area contributed by atoms with Crippen LogP contribution in [-0.4, -0.2) is 61.8 Å². The summed E-state index contributed by atoms with van der Waals surface area (Å²) in [6.45, 7) is 2.87. The van der Waals surface area contributed by atoms with Crippen LogP contribution in [-0.2, 0) is 19.0 Å². The van der Waals surface area contributed by atoms with Crippen LogP contribution >= 0.6 is 0 Å². The molecule has 0 aromatic carbocycles. The maximum Gasteiger partial charge on any atom is 0.225 e. The first-order chi connectivity index (χ1) is 10.0. The minimum atomic E-state index is -0.368. The van der Waals surface area contributed by atoms with Crippen molar-refractivity contribution in [1.29, 1.82) is 0 Å². The van der Waals surface area contributed by atoms with Crippen molar-refractivity contribution >= 4 is 5.91 Å². The highest BCUT2D eigenvalue weighted by Gasteiger charge is 2.72. The Morgan fingerprint density at radius 3 is 2.76 bits per heavy atom. The number of hydrogen-bond donors (Lipinski definition) is 2. The van der Waals surface area contributed by atoms with Gasteiger partial charge in [-0.3, -0.25) is 4.79 Å². The molecule has 0 radical (unpaired) electrons. The molecular weight excluding hydrogens is 274 g/mol. The van der Waals surface area contributed by atoms with Gasteiger partial charge in [0, 0.05) is 26.7 Å². The molecule has 1 amide bonds. The molecule has 2 saturated heterocycles. The quantitative estimate of drug-likeness (QED) is 0.703. The highest BCUT2D eigenvalue weighted by atomic mass is 16.6. The number of nitrogens with one attached hydrogen (secondary N) is 1. The van der Waals surface area contributed by atoms with E-state index in [-0.39, 0.29) is 47.8 Å². The zero-order valence-electron chi connectivity index (χ0n) is 12.9. The van der Waals surface area contributed by atoms with Gasteiger partial charge >= 0.3 is 0 Å². The van der Waals surface area contributed by atoms with Crippen LogP contribution in [0.5, 0.6) is 0 Å². The molecule has 3 fully saturated rings. The third-order valence-corrected chi connectivity index (χ3v) is 5.53. The Morgan fingerprint density at radius 1 is 1.52 bits per heavy atom. The van der Waals surface area contributed by atoms with Crippen LogP contribution < -0.4 is 5.32 Å². The molecule has 0 bridgehead atoms. The van der Waals surface area contributed by atoms with Crippen molar-refractivity contribution in [3.05, 3.63) is 0 Å². The fourth-order valence-electron chi connectivity index (χ4n) is 4.29. The molecule has 6 heteroatoms. The van der Waals surface area contributed by atoms with Crippen molar-refractivity contribution in [2.24, 2.45) is 11.8 Å². The SMILES string of the molecule is CNC(=O)C1CCC2(CO2)C(C2(C)OC2CCO)C1OC. The maximum absolute atomic E-state index is 12.2. The van der Waals surface area contributed by atoms with Crippen molar-refractivity contribution in [2.45, 2.75) is 49.6 Å². The summed E-state index contributed by atoms with van der Waals surface area (Å²) in [7, 11) is 3.31. The molecule has 0 aromatic rings. The van der Waals surface area contributed by atoms with E-state index in [1.54, 1.807) is 14.2 Å². The predicted molar refractivity (Wildman–Crippen MR) is 74.7 cm³/mol.